The topological polar surface area (TPSA) is 92.3 Å². The Balaban J connectivity index is 0.00000226. The highest BCUT2D eigenvalue weighted by Crippen LogP contribution is 2.59. The molecule has 0 radical (unpaired) electrons. The Labute approximate surface area is 255 Å². The van der Waals surface area contributed by atoms with Crippen LogP contribution in [0, 0.1) is 5.92 Å². The number of carbonyl (C=O) groups is 2. The monoisotopic (exact) mass is 635 g/mol. The van der Waals surface area contributed by atoms with Gasteiger partial charge in [-0.2, -0.15) is 0 Å². The number of ether oxygens (including phenoxy) is 5. The number of rotatable bonds is 9. The van der Waals surface area contributed by atoms with Crippen LogP contribution in [0.3, 0.4) is 0 Å². The SMILES string of the molecule is CC.COc1ccc2c(c1)Oc1cc(OCOC(C)=O)ccc1C21OC(=O)C2CC(N/C(CF)=C(F)/C(F)=C(/F)CF)=CC=C21. The summed E-state index contributed by atoms with van der Waals surface area (Å²) >= 11 is 0. The van der Waals surface area contributed by atoms with Crippen molar-refractivity contribution in [1.29, 1.82) is 0 Å². The van der Waals surface area contributed by atoms with Gasteiger partial charge < -0.3 is 29.0 Å². The summed E-state index contributed by atoms with van der Waals surface area (Å²) in [4.78, 5) is 24.5. The van der Waals surface area contributed by atoms with Crippen molar-refractivity contribution in [3.63, 3.8) is 0 Å². The first-order valence-corrected chi connectivity index (χ1v) is 13.9. The van der Waals surface area contributed by atoms with Crippen LogP contribution in [0.5, 0.6) is 23.0 Å². The number of hydrogen-bond donors (Lipinski definition) is 1. The molecule has 13 heteroatoms. The molecule has 2 heterocycles. The lowest BCUT2D eigenvalue weighted by atomic mass is 9.73. The predicted molar refractivity (Wildman–Crippen MR) is 152 cm³/mol. The molecule has 1 fully saturated rings. The molecule has 2 aliphatic heterocycles. The van der Waals surface area contributed by atoms with E-state index in [2.05, 4.69) is 5.32 Å². The lowest BCUT2D eigenvalue weighted by molar-refractivity contribution is -0.149. The fourth-order valence-electron chi connectivity index (χ4n) is 5.14. The van der Waals surface area contributed by atoms with Gasteiger partial charge in [-0.25, -0.2) is 22.0 Å². The molecule has 3 aliphatic rings. The molecule has 45 heavy (non-hydrogen) atoms. The molecule has 5 rings (SSSR count). The van der Waals surface area contributed by atoms with Crippen molar-refractivity contribution in [2.75, 3.05) is 27.3 Å². The van der Waals surface area contributed by atoms with Crippen LogP contribution in [0.4, 0.5) is 22.0 Å². The van der Waals surface area contributed by atoms with E-state index in [9.17, 15) is 31.5 Å². The zero-order valence-electron chi connectivity index (χ0n) is 24.8. The molecule has 2 aromatic rings. The maximum atomic E-state index is 14.4. The molecule has 1 N–H and O–H groups in total. The van der Waals surface area contributed by atoms with Crippen LogP contribution in [-0.4, -0.2) is 39.2 Å². The molecule has 0 bridgehead atoms. The van der Waals surface area contributed by atoms with Crippen LogP contribution in [-0.2, 0) is 24.7 Å². The lowest BCUT2D eigenvalue weighted by Crippen LogP contribution is -2.33. The van der Waals surface area contributed by atoms with Gasteiger partial charge in [-0.1, -0.05) is 19.9 Å². The summed E-state index contributed by atoms with van der Waals surface area (Å²) in [6.07, 6.45) is 2.84. The van der Waals surface area contributed by atoms with Crippen LogP contribution >= 0.6 is 0 Å². The molecule has 2 unspecified atom stereocenters. The summed E-state index contributed by atoms with van der Waals surface area (Å²) in [6.45, 7) is 1.43. The van der Waals surface area contributed by atoms with E-state index in [1.165, 1.54) is 32.3 Å². The molecule has 0 amide bonds. The molecule has 8 nitrogen and oxygen atoms in total. The first-order valence-electron chi connectivity index (χ1n) is 13.9. The summed E-state index contributed by atoms with van der Waals surface area (Å²) in [7, 11) is 1.47. The van der Waals surface area contributed by atoms with Crippen LogP contribution in [0.15, 0.2) is 83.0 Å². The summed E-state index contributed by atoms with van der Waals surface area (Å²) in [5.74, 6) is -6.90. The van der Waals surface area contributed by atoms with Gasteiger partial charge >= 0.3 is 11.9 Å². The molecule has 1 saturated heterocycles. The minimum absolute atomic E-state index is 0.107. The Bertz CT molecular complexity index is 1620. The van der Waals surface area contributed by atoms with E-state index in [0.29, 0.717) is 33.9 Å². The van der Waals surface area contributed by atoms with E-state index in [1.807, 2.05) is 13.8 Å². The number of fused-ring (bicyclic) bond motifs is 6. The maximum absolute atomic E-state index is 14.4. The van der Waals surface area contributed by atoms with E-state index in [4.69, 9.17) is 23.7 Å². The second-order valence-electron chi connectivity index (χ2n) is 9.60. The Hall–Kier alpha value is -4.81. The van der Waals surface area contributed by atoms with Crippen molar-refractivity contribution in [3.8, 4) is 23.0 Å². The molecule has 2 aromatic carbocycles. The molecule has 2 atom stereocenters. The summed E-state index contributed by atoms with van der Waals surface area (Å²) < 4.78 is 95.4. The van der Waals surface area contributed by atoms with Crippen LogP contribution in [0.1, 0.15) is 38.3 Å². The van der Waals surface area contributed by atoms with Gasteiger partial charge in [0.05, 0.1) is 18.7 Å². The van der Waals surface area contributed by atoms with Gasteiger partial charge in [0.25, 0.3) is 0 Å². The van der Waals surface area contributed by atoms with Crippen molar-refractivity contribution in [2.24, 2.45) is 5.92 Å². The van der Waals surface area contributed by atoms with E-state index in [-0.39, 0.29) is 24.7 Å². The van der Waals surface area contributed by atoms with Crippen LogP contribution in [0.25, 0.3) is 0 Å². The molecule has 0 aromatic heterocycles. The third-order valence-electron chi connectivity index (χ3n) is 7.07. The highest BCUT2D eigenvalue weighted by Gasteiger charge is 2.58. The van der Waals surface area contributed by atoms with Crippen molar-refractivity contribution < 1.29 is 55.2 Å². The Morgan fingerprint density at radius 1 is 0.978 bits per heavy atom. The minimum Gasteiger partial charge on any atom is -0.497 e. The highest BCUT2D eigenvalue weighted by atomic mass is 19.2. The van der Waals surface area contributed by atoms with Crippen molar-refractivity contribution in [1.82, 2.24) is 5.32 Å². The van der Waals surface area contributed by atoms with Gasteiger partial charge in [0.1, 0.15) is 36.3 Å². The molecule has 0 saturated carbocycles. The van der Waals surface area contributed by atoms with Gasteiger partial charge in [-0.15, -0.1) is 0 Å². The summed E-state index contributed by atoms with van der Waals surface area (Å²) in [6, 6.07) is 9.71. The zero-order chi connectivity index (χ0) is 32.9. The molecule has 1 aliphatic carbocycles. The largest absolute Gasteiger partial charge is 0.497 e. The highest BCUT2D eigenvalue weighted by molar-refractivity contribution is 5.85. The van der Waals surface area contributed by atoms with Gasteiger partial charge in [0.2, 0.25) is 6.79 Å². The van der Waals surface area contributed by atoms with E-state index >= 15 is 0 Å². The maximum Gasteiger partial charge on any atom is 0.315 e. The third kappa shape index (κ3) is 6.24. The number of halogens is 5. The molecular formula is C32H30F5NO7. The molecular weight excluding hydrogens is 605 g/mol. The Kier molecular flexibility index (Phi) is 10.2. The summed E-state index contributed by atoms with van der Waals surface area (Å²) in [5, 5.41) is 2.36. The second-order valence-corrected chi connectivity index (χ2v) is 9.60. The van der Waals surface area contributed by atoms with E-state index < -0.39 is 60.0 Å². The number of benzene rings is 2. The Morgan fingerprint density at radius 3 is 2.22 bits per heavy atom. The van der Waals surface area contributed by atoms with Gasteiger partial charge in [-0.05, 0) is 35.9 Å². The predicted octanol–water partition coefficient (Wildman–Crippen LogP) is 7.22. The third-order valence-corrected chi connectivity index (χ3v) is 7.07. The number of alkyl halides is 2. The van der Waals surface area contributed by atoms with E-state index in [0.717, 1.165) is 0 Å². The average molecular weight is 636 g/mol. The molecule has 1 spiro atoms. The fourth-order valence-corrected chi connectivity index (χ4v) is 5.14. The number of nitrogens with one attached hydrogen (secondary N) is 1. The standard InChI is InChI=1S/C30H24F5NO7.C2H6/c1-15(37)40-14-41-18-5-8-22-26(11-18)42-25-10-17(39-2)4-7-21(25)30(22)20-6-3-16(9-19(20)29(38)43-30)36-24(13-32)28(35)27(34)23(33)12-31;1-2/h3-8,10-11,19,36H,9,12-14H2,1-2H3;1-2H3/b27-23-,28-24-;. The minimum atomic E-state index is -2.16. The number of carbonyl (C=O) groups excluding carboxylic acids is 2. The normalized spacial score (nSPS) is 20.3. The second kappa shape index (κ2) is 13.9. The lowest BCUT2D eigenvalue weighted by Gasteiger charge is -2.37. The van der Waals surface area contributed by atoms with Crippen molar-refractivity contribution in [3.05, 3.63) is 94.1 Å². The summed E-state index contributed by atoms with van der Waals surface area (Å²) in [5.41, 5.74) is -0.938. The number of methoxy groups -OCH3 is 1. The smallest absolute Gasteiger partial charge is 0.315 e. The van der Waals surface area contributed by atoms with Crippen molar-refractivity contribution in [2.45, 2.75) is 32.8 Å². The van der Waals surface area contributed by atoms with Crippen LogP contribution < -0.4 is 19.5 Å². The Morgan fingerprint density at radius 2 is 1.62 bits per heavy atom. The number of hydrogen-bond acceptors (Lipinski definition) is 8. The quantitative estimate of drug-likeness (QED) is 0.134. The average Bonchev–Trinajstić information content (AvgIpc) is 3.34. The van der Waals surface area contributed by atoms with Gasteiger partial charge in [0, 0.05) is 42.3 Å². The van der Waals surface area contributed by atoms with Crippen LogP contribution in [0.2, 0.25) is 0 Å². The first-order chi connectivity index (χ1) is 21.6. The molecule has 240 valence electrons. The van der Waals surface area contributed by atoms with Gasteiger partial charge in [0.15, 0.2) is 23.1 Å². The van der Waals surface area contributed by atoms with Gasteiger partial charge in [-0.3, -0.25) is 9.59 Å². The zero-order valence-corrected chi connectivity index (χ0v) is 24.8. The number of esters is 2. The fraction of sp³-hybridized carbons (Fsp3) is 0.312. The first kappa shape index (κ1) is 33.1. The number of allylic oxidation sites excluding steroid dienone is 7. The van der Waals surface area contributed by atoms with E-state index in [1.54, 1.807) is 30.3 Å². The van der Waals surface area contributed by atoms with Crippen molar-refractivity contribution >= 4 is 11.9 Å².